The summed E-state index contributed by atoms with van der Waals surface area (Å²) in [6.07, 6.45) is 5.18. The molecular formula is C23H21N5O2. The summed E-state index contributed by atoms with van der Waals surface area (Å²) in [6, 6.07) is 21.2. The van der Waals surface area contributed by atoms with Crippen LogP contribution in [0.3, 0.4) is 0 Å². The SMILES string of the molecule is COc1ccccc1-c1nn(Cc2ccccc2)cc1/C=N\NC(=O)c1ccc[nH]1. The van der Waals surface area contributed by atoms with Crippen LogP contribution in [0.4, 0.5) is 0 Å². The van der Waals surface area contributed by atoms with E-state index in [0.29, 0.717) is 18.0 Å². The second-order valence-corrected chi connectivity index (χ2v) is 6.60. The molecule has 0 saturated carbocycles. The van der Waals surface area contributed by atoms with Crippen LogP contribution in [0.1, 0.15) is 21.6 Å². The summed E-state index contributed by atoms with van der Waals surface area (Å²) < 4.78 is 7.36. The van der Waals surface area contributed by atoms with Crippen LogP contribution >= 0.6 is 0 Å². The number of para-hydroxylation sites is 1. The number of nitrogens with one attached hydrogen (secondary N) is 2. The van der Waals surface area contributed by atoms with E-state index in [2.05, 4.69) is 27.6 Å². The molecular weight excluding hydrogens is 378 g/mol. The minimum atomic E-state index is -0.313. The van der Waals surface area contributed by atoms with Crippen molar-refractivity contribution in [3.8, 4) is 17.0 Å². The number of nitrogens with zero attached hydrogens (tertiary/aromatic N) is 3. The molecule has 0 bridgehead atoms. The fourth-order valence-corrected chi connectivity index (χ4v) is 3.12. The predicted molar refractivity (Wildman–Crippen MR) is 116 cm³/mol. The van der Waals surface area contributed by atoms with Gasteiger partial charge in [-0.3, -0.25) is 9.48 Å². The lowest BCUT2D eigenvalue weighted by Gasteiger charge is -2.06. The van der Waals surface area contributed by atoms with Crippen LogP contribution in [0.5, 0.6) is 5.75 Å². The lowest BCUT2D eigenvalue weighted by atomic mass is 10.1. The van der Waals surface area contributed by atoms with Crippen molar-refractivity contribution < 1.29 is 9.53 Å². The summed E-state index contributed by atoms with van der Waals surface area (Å²) >= 11 is 0. The Labute approximate surface area is 174 Å². The van der Waals surface area contributed by atoms with Crippen LogP contribution in [0.25, 0.3) is 11.3 Å². The lowest BCUT2D eigenvalue weighted by Crippen LogP contribution is -2.17. The number of carbonyl (C=O) groups is 1. The number of benzene rings is 2. The largest absolute Gasteiger partial charge is 0.496 e. The van der Waals surface area contributed by atoms with Gasteiger partial charge in [-0.25, -0.2) is 5.43 Å². The van der Waals surface area contributed by atoms with E-state index in [-0.39, 0.29) is 5.91 Å². The molecule has 0 radical (unpaired) electrons. The minimum Gasteiger partial charge on any atom is -0.496 e. The molecule has 0 unspecified atom stereocenters. The van der Waals surface area contributed by atoms with Gasteiger partial charge in [0.1, 0.15) is 17.1 Å². The molecule has 0 aliphatic carbocycles. The number of rotatable bonds is 7. The summed E-state index contributed by atoms with van der Waals surface area (Å²) in [6.45, 7) is 0.617. The first-order chi connectivity index (χ1) is 14.7. The van der Waals surface area contributed by atoms with Crippen molar-refractivity contribution in [2.45, 2.75) is 6.54 Å². The van der Waals surface area contributed by atoms with E-state index in [9.17, 15) is 4.79 Å². The van der Waals surface area contributed by atoms with Crippen molar-refractivity contribution in [2.75, 3.05) is 7.11 Å². The average Bonchev–Trinajstić information content (AvgIpc) is 3.45. The molecule has 4 aromatic rings. The maximum Gasteiger partial charge on any atom is 0.287 e. The monoisotopic (exact) mass is 399 g/mol. The quantitative estimate of drug-likeness (QED) is 0.367. The number of ether oxygens (including phenoxy) is 1. The number of hydrogen-bond donors (Lipinski definition) is 2. The Bertz CT molecular complexity index is 1150. The van der Waals surface area contributed by atoms with Gasteiger partial charge in [0.05, 0.1) is 19.9 Å². The lowest BCUT2D eigenvalue weighted by molar-refractivity contribution is 0.0951. The van der Waals surface area contributed by atoms with Gasteiger partial charge in [-0.1, -0.05) is 42.5 Å². The fraction of sp³-hybridized carbons (Fsp3) is 0.0870. The third kappa shape index (κ3) is 4.30. The van der Waals surface area contributed by atoms with E-state index < -0.39 is 0 Å². The Hall–Kier alpha value is -4.13. The highest BCUT2D eigenvalue weighted by atomic mass is 16.5. The van der Waals surface area contributed by atoms with E-state index in [4.69, 9.17) is 9.84 Å². The van der Waals surface area contributed by atoms with Crippen LogP contribution < -0.4 is 10.2 Å². The van der Waals surface area contributed by atoms with E-state index in [1.54, 1.807) is 31.7 Å². The Balaban J connectivity index is 1.64. The summed E-state index contributed by atoms with van der Waals surface area (Å²) in [5, 5.41) is 8.88. The number of carbonyl (C=O) groups excluding carboxylic acids is 1. The molecule has 0 atom stereocenters. The van der Waals surface area contributed by atoms with Crippen LogP contribution in [0.15, 0.2) is 84.2 Å². The number of hydrazone groups is 1. The molecule has 0 aliphatic heterocycles. The smallest absolute Gasteiger partial charge is 0.287 e. The molecule has 30 heavy (non-hydrogen) atoms. The summed E-state index contributed by atoms with van der Waals surface area (Å²) in [5.41, 5.74) is 6.45. The first kappa shape index (κ1) is 19.2. The number of amides is 1. The van der Waals surface area contributed by atoms with Gasteiger partial charge < -0.3 is 9.72 Å². The molecule has 150 valence electrons. The highest BCUT2D eigenvalue weighted by Gasteiger charge is 2.14. The number of H-pyrrole nitrogens is 1. The Morgan fingerprint density at radius 3 is 2.70 bits per heavy atom. The fourth-order valence-electron chi connectivity index (χ4n) is 3.12. The summed E-state index contributed by atoms with van der Waals surface area (Å²) in [4.78, 5) is 15.0. The number of hydrogen-bond acceptors (Lipinski definition) is 4. The van der Waals surface area contributed by atoms with Gasteiger partial charge in [0, 0.05) is 23.5 Å². The highest BCUT2D eigenvalue weighted by molar-refractivity contribution is 5.94. The van der Waals surface area contributed by atoms with Crippen LogP contribution in [-0.2, 0) is 6.54 Å². The molecule has 0 spiro atoms. The number of aromatic nitrogens is 3. The minimum absolute atomic E-state index is 0.313. The molecule has 2 aromatic carbocycles. The first-order valence-electron chi connectivity index (χ1n) is 9.46. The number of aromatic amines is 1. The molecule has 2 N–H and O–H groups in total. The van der Waals surface area contributed by atoms with Crippen molar-refractivity contribution in [3.05, 3.63) is 95.9 Å². The van der Waals surface area contributed by atoms with Crippen LogP contribution in [0, 0.1) is 0 Å². The zero-order chi connectivity index (χ0) is 20.8. The Morgan fingerprint density at radius 2 is 1.93 bits per heavy atom. The van der Waals surface area contributed by atoms with Crippen molar-refractivity contribution in [1.82, 2.24) is 20.2 Å². The molecule has 0 fully saturated rings. The van der Waals surface area contributed by atoms with Crippen LogP contribution in [-0.4, -0.2) is 34.0 Å². The molecule has 2 heterocycles. The second kappa shape index (κ2) is 8.91. The zero-order valence-electron chi connectivity index (χ0n) is 16.4. The summed E-state index contributed by atoms with van der Waals surface area (Å²) in [5.74, 6) is 0.402. The van der Waals surface area contributed by atoms with E-state index in [1.807, 2.05) is 53.3 Å². The average molecular weight is 399 g/mol. The molecule has 1 amide bonds. The van der Waals surface area contributed by atoms with Crippen molar-refractivity contribution in [2.24, 2.45) is 5.10 Å². The summed E-state index contributed by atoms with van der Waals surface area (Å²) in [7, 11) is 1.63. The molecule has 4 rings (SSSR count). The molecule has 0 aliphatic rings. The maximum atomic E-state index is 12.1. The van der Waals surface area contributed by atoms with E-state index in [0.717, 1.165) is 22.4 Å². The topological polar surface area (TPSA) is 84.3 Å². The second-order valence-electron chi connectivity index (χ2n) is 6.60. The van der Waals surface area contributed by atoms with Gasteiger partial charge in [0.2, 0.25) is 0 Å². The van der Waals surface area contributed by atoms with Crippen molar-refractivity contribution in [3.63, 3.8) is 0 Å². The third-order valence-electron chi connectivity index (χ3n) is 4.55. The van der Waals surface area contributed by atoms with Crippen LogP contribution in [0.2, 0.25) is 0 Å². The van der Waals surface area contributed by atoms with Gasteiger partial charge in [-0.15, -0.1) is 0 Å². The van der Waals surface area contributed by atoms with E-state index in [1.165, 1.54) is 0 Å². The van der Waals surface area contributed by atoms with Gasteiger partial charge in [-0.2, -0.15) is 10.2 Å². The zero-order valence-corrected chi connectivity index (χ0v) is 16.4. The molecule has 2 aromatic heterocycles. The molecule has 7 nitrogen and oxygen atoms in total. The highest BCUT2D eigenvalue weighted by Crippen LogP contribution is 2.30. The Morgan fingerprint density at radius 1 is 1.13 bits per heavy atom. The van der Waals surface area contributed by atoms with Gasteiger partial charge in [-0.05, 0) is 29.8 Å². The molecule has 7 heteroatoms. The van der Waals surface area contributed by atoms with Gasteiger partial charge in [0.15, 0.2) is 0 Å². The van der Waals surface area contributed by atoms with Crippen molar-refractivity contribution >= 4 is 12.1 Å². The Kier molecular flexibility index (Phi) is 5.70. The normalized spacial score (nSPS) is 11.0. The van der Waals surface area contributed by atoms with Gasteiger partial charge >= 0.3 is 0 Å². The standard InChI is InChI=1S/C23H21N5O2/c1-30-21-12-6-5-10-19(21)22-18(14-25-26-23(29)20-11-7-13-24-20)16-28(27-22)15-17-8-3-2-4-9-17/h2-14,16,24H,15H2,1H3,(H,26,29)/b25-14-. The molecule has 0 saturated heterocycles. The van der Waals surface area contributed by atoms with Crippen molar-refractivity contribution in [1.29, 1.82) is 0 Å². The first-order valence-corrected chi connectivity index (χ1v) is 9.46. The number of methoxy groups -OCH3 is 1. The van der Waals surface area contributed by atoms with Gasteiger partial charge in [0.25, 0.3) is 5.91 Å². The maximum absolute atomic E-state index is 12.1. The van der Waals surface area contributed by atoms with E-state index >= 15 is 0 Å². The predicted octanol–water partition coefficient (Wildman–Crippen LogP) is 3.70. The third-order valence-corrected chi connectivity index (χ3v) is 4.55.